The second-order valence-corrected chi connectivity index (χ2v) is 5.75. The lowest BCUT2D eigenvalue weighted by atomic mass is 9.99. The number of hydrogen-bond donors (Lipinski definition) is 1. The highest BCUT2D eigenvalue weighted by molar-refractivity contribution is 5.94. The standard InChI is InChI=1S/C18H28N2O3/c1-3-20(4-2)11-14-23-17-8-6-5-7-16(17)19-18(21)15-9-12-22-13-10-15/h5-8,15H,3-4,9-14H2,1-2H3,(H,19,21). The summed E-state index contributed by atoms with van der Waals surface area (Å²) in [5.74, 6) is 0.834. The summed E-state index contributed by atoms with van der Waals surface area (Å²) in [5.41, 5.74) is 0.753. The summed E-state index contributed by atoms with van der Waals surface area (Å²) < 4.78 is 11.2. The third-order valence-corrected chi connectivity index (χ3v) is 4.30. The molecule has 0 atom stereocenters. The third kappa shape index (κ3) is 5.52. The number of nitrogens with one attached hydrogen (secondary N) is 1. The molecule has 1 saturated heterocycles. The minimum Gasteiger partial charge on any atom is -0.490 e. The summed E-state index contributed by atoms with van der Waals surface area (Å²) in [5, 5.41) is 3.01. The van der Waals surface area contributed by atoms with Gasteiger partial charge in [-0.25, -0.2) is 0 Å². The molecule has 0 radical (unpaired) electrons. The fourth-order valence-electron chi connectivity index (χ4n) is 2.71. The molecule has 5 heteroatoms. The summed E-state index contributed by atoms with van der Waals surface area (Å²) in [6.07, 6.45) is 1.58. The van der Waals surface area contributed by atoms with Gasteiger partial charge < -0.3 is 19.7 Å². The number of rotatable bonds is 8. The van der Waals surface area contributed by atoms with Crippen LogP contribution >= 0.6 is 0 Å². The number of carbonyl (C=O) groups excluding carboxylic acids is 1. The molecule has 0 aromatic heterocycles. The van der Waals surface area contributed by atoms with Crippen molar-refractivity contribution in [1.82, 2.24) is 4.90 Å². The van der Waals surface area contributed by atoms with Gasteiger partial charge in [-0.3, -0.25) is 4.79 Å². The Morgan fingerprint density at radius 1 is 1.26 bits per heavy atom. The first-order chi connectivity index (χ1) is 11.2. The summed E-state index contributed by atoms with van der Waals surface area (Å²) >= 11 is 0. The summed E-state index contributed by atoms with van der Waals surface area (Å²) in [4.78, 5) is 14.7. The Morgan fingerprint density at radius 2 is 1.96 bits per heavy atom. The molecule has 0 spiro atoms. The van der Waals surface area contributed by atoms with Crippen LogP contribution in [-0.4, -0.2) is 50.3 Å². The molecular formula is C18H28N2O3. The average Bonchev–Trinajstić information content (AvgIpc) is 2.61. The molecule has 1 aliphatic rings. The SMILES string of the molecule is CCN(CC)CCOc1ccccc1NC(=O)C1CCOCC1. The van der Waals surface area contributed by atoms with E-state index in [2.05, 4.69) is 24.1 Å². The van der Waals surface area contributed by atoms with Gasteiger partial charge in [0.25, 0.3) is 0 Å². The van der Waals surface area contributed by atoms with Crippen LogP contribution in [-0.2, 0) is 9.53 Å². The van der Waals surface area contributed by atoms with E-state index in [0.717, 1.165) is 43.9 Å². The van der Waals surface area contributed by atoms with Gasteiger partial charge in [0.15, 0.2) is 0 Å². The maximum Gasteiger partial charge on any atom is 0.227 e. The maximum absolute atomic E-state index is 12.4. The van der Waals surface area contributed by atoms with Gasteiger partial charge in [-0.2, -0.15) is 0 Å². The molecule has 0 unspecified atom stereocenters. The second kappa shape index (κ2) is 9.53. The highest BCUT2D eigenvalue weighted by atomic mass is 16.5. The molecular weight excluding hydrogens is 292 g/mol. The Kier molecular flexibility index (Phi) is 7.36. The molecule has 1 aromatic rings. The van der Waals surface area contributed by atoms with Gasteiger partial charge >= 0.3 is 0 Å². The lowest BCUT2D eigenvalue weighted by Crippen LogP contribution is -2.29. The highest BCUT2D eigenvalue weighted by Gasteiger charge is 2.22. The summed E-state index contributed by atoms with van der Waals surface area (Å²) in [6.45, 7) is 9.16. The molecule has 1 amide bonds. The Bertz CT molecular complexity index is 483. The number of hydrogen-bond acceptors (Lipinski definition) is 4. The number of carbonyl (C=O) groups is 1. The van der Waals surface area contributed by atoms with Gasteiger partial charge in [0.05, 0.1) is 5.69 Å². The molecule has 1 aliphatic heterocycles. The number of nitrogens with zero attached hydrogens (tertiary/aromatic N) is 1. The van der Waals surface area contributed by atoms with E-state index in [1.807, 2.05) is 24.3 Å². The number of benzene rings is 1. The van der Waals surface area contributed by atoms with Crippen molar-refractivity contribution >= 4 is 11.6 Å². The van der Waals surface area contributed by atoms with Crippen molar-refractivity contribution < 1.29 is 14.3 Å². The first kappa shape index (κ1) is 17.8. The van der Waals surface area contributed by atoms with Gasteiger partial charge in [0.1, 0.15) is 12.4 Å². The van der Waals surface area contributed by atoms with Crippen LogP contribution in [0.1, 0.15) is 26.7 Å². The van der Waals surface area contributed by atoms with Gasteiger partial charge in [-0.05, 0) is 38.1 Å². The molecule has 2 rings (SSSR count). The van der Waals surface area contributed by atoms with Crippen molar-refractivity contribution in [2.75, 3.05) is 44.8 Å². The monoisotopic (exact) mass is 320 g/mol. The van der Waals surface area contributed by atoms with E-state index >= 15 is 0 Å². The largest absolute Gasteiger partial charge is 0.490 e. The van der Waals surface area contributed by atoms with E-state index < -0.39 is 0 Å². The molecule has 0 saturated carbocycles. The van der Waals surface area contributed by atoms with E-state index in [1.165, 1.54) is 0 Å². The highest BCUT2D eigenvalue weighted by Crippen LogP contribution is 2.25. The Labute approximate surface area is 139 Å². The van der Waals surface area contributed by atoms with Crippen LogP contribution in [0.4, 0.5) is 5.69 Å². The lowest BCUT2D eigenvalue weighted by molar-refractivity contribution is -0.122. The summed E-state index contributed by atoms with van der Waals surface area (Å²) in [7, 11) is 0. The fraction of sp³-hybridized carbons (Fsp3) is 0.611. The minimum atomic E-state index is 0.0347. The molecule has 128 valence electrons. The van der Waals surface area contributed by atoms with Crippen LogP contribution in [0.5, 0.6) is 5.75 Å². The van der Waals surface area contributed by atoms with Crippen LogP contribution in [0.15, 0.2) is 24.3 Å². The van der Waals surface area contributed by atoms with Crippen molar-refractivity contribution in [2.24, 2.45) is 5.92 Å². The molecule has 0 aliphatic carbocycles. The smallest absolute Gasteiger partial charge is 0.227 e. The zero-order chi connectivity index (χ0) is 16.5. The number of likely N-dealkylation sites (N-methyl/N-ethyl adjacent to an activating group) is 1. The Hall–Kier alpha value is -1.59. The van der Waals surface area contributed by atoms with Crippen LogP contribution in [0.25, 0.3) is 0 Å². The third-order valence-electron chi connectivity index (χ3n) is 4.30. The maximum atomic E-state index is 12.4. The zero-order valence-corrected chi connectivity index (χ0v) is 14.2. The van der Waals surface area contributed by atoms with Crippen molar-refractivity contribution in [1.29, 1.82) is 0 Å². The molecule has 0 bridgehead atoms. The van der Waals surface area contributed by atoms with Crippen LogP contribution in [0.2, 0.25) is 0 Å². The van der Waals surface area contributed by atoms with Crippen molar-refractivity contribution in [3.8, 4) is 5.75 Å². The zero-order valence-electron chi connectivity index (χ0n) is 14.2. The fourth-order valence-corrected chi connectivity index (χ4v) is 2.71. The molecule has 1 N–H and O–H groups in total. The van der Waals surface area contributed by atoms with Gasteiger partial charge in [-0.1, -0.05) is 26.0 Å². The van der Waals surface area contributed by atoms with Crippen molar-refractivity contribution in [3.63, 3.8) is 0 Å². The quantitative estimate of drug-likeness (QED) is 0.800. The second-order valence-electron chi connectivity index (χ2n) is 5.75. The Balaban J connectivity index is 1.90. The number of para-hydroxylation sites is 2. The normalized spacial score (nSPS) is 15.6. The van der Waals surface area contributed by atoms with Crippen LogP contribution in [0, 0.1) is 5.92 Å². The molecule has 23 heavy (non-hydrogen) atoms. The van der Waals surface area contributed by atoms with Crippen molar-refractivity contribution in [3.05, 3.63) is 24.3 Å². The number of anilines is 1. The van der Waals surface area contributed by atoms with E-state index in [9.17, 15) is 4.79 Å². The minimum absolute atomic E-state index is 0.0347. The lowest BCUT2D eigenvalue weighted by Gasteiger charge is -2.22. The average molecular weight is 320 g/mol. The first-order valence-corrected chi connectivity index (χ1v) is 8.57. The van der Waals surface area contributed by atoms with E-state index in [0.29, 0.717) is 19.8 Å². The van der Waals surface area contributed by atoms with Gasteiger partial charge in [-0.15, -0.1) is 0 Å². The van der Waals surface area contributed by atoms with Gasteiger partial charge in [0, 0.05) is 25.7 Å². The first-order valence-electron chi connectivity index (χ1n) is 8.57. The molecule has 1 fully saturated rings. The van der Waals surface area contributed by atoms with Gasteiger partial charge in [0.2, 0.25) is 5.91 Å². The predicted octanol–water partition coefficient (Wildman–Crippen LogP) is 2.77. The van der Waals surface area contributed by atoms with Crippen LogP contribution in [0.3, 0.4) is 0 Å². The Morgan fingerprint density at radius 3 is 2.65 bits per heavy atom. The van der Waals surface area contributed by atoms with Crippen LogP contribution < -0.4 is 10.1 Å². The molecule has 5 nitrogen and oxygen atoms in total. The predicted molar refractivity (Wildman–Crippen MR) is 91.9 cm³/mol. The summed E-state index contributed by atoms with van der Waals surface area (Å²) in [6, 6.07) is 7.64. The van der Waals surface area contributed by atoms with E-state index in [1.54, 1.807) is 0 Å². The van der Waals surface area contributed by atoms with E-state index in [4.69, 9.17) is 9.47 Å². The molecule has 1 aromatic carbocycles. The number of amides is 1. The number of ether oxygens (including phenoxy) is 2. The molecule has 1 heterocycles. The van der Waals surface area contributed by atoms with E-state index in [-0.39, 0.29) is 11.8 Å². The van der Waals surface area contributed by atoms with Crippen molar-refractivity contribution in [2.45, 2.75) is 26.7 Å². The topological polar surface area (TPSA) is 50.8 Å².